The summed E-state index contributed by atoms with van der Waals surface area (Å²) in [6, 6.07) is 23.0. The molecule has 0 amide bonds. The van der Waals surface area contributed by atoms with Crippen LogP contribution in [0.5, 0.6) is 11.5 Å². The van der Waals surface area contributed by atoms with E-state index in [0.29, 0.717) is 54.4 Å². The molecule has 2 heterocycles. The summed E-state index contributed by atoms with van der Waals surface area (Å²) in [7, 11) is 3.20. The van der Waals surface area contributed by atoms with Crippen molar-refractivity contribution < 1.29 is 43.2 Å². The van der Waals surface area contributed by atoms with E-state index < -0.39 is 17.2 Å². The van der Waals surface area contributed by atoms with Crippen LogP contribution in [0.3, 0.4) is 0 Å². The number of hydrogen-bond donors (Lipinski definition) is 4. The predicted octanol–water partition coefficient (Wildman–Crippen LogP) is 12.0. The molecule has 4 aliphatic rings. The molecule has 10 rings (SSSR count). The fraction of sp³-hybridized carbons (Fsp3) is 0.475. The Morgan fingerprint density at radius 2 is 1.03 bits per heavy atom. The number of ether oxygens (including phenoxy) is 4. The molecule has 4 aliphatic carbocycles. The topological polar surface area (TPSA) is 227 Å². The highest BCUT2D eigenvalue weighted by Gasteiger charge is 2.33. The van der Waals surface area contributed by atoms with E-state index in [2.05, 4.69) is 25.6 Å². The first-order valence-electron chi connectivity index (χ1n) is 27.1. The van der Waals surface area contributed by atoms with Crippen molar-refractivity contribution in [3.05, 3.63) is 96.3 Å². The first kappa shape index (κ1) is 56.0. The number of nitrogens with two attached hydrogens (primary N) is 1. The zero-order chi connectivity index (χ0) is 55.0. The first-order chi connectivity index (χ1) is 36.7. The lowest BCUT2D eigenvalue weighted by atomic mass is 9.97. The molecule has 4 atom stereocenters. The number of benzene rings is 4. The molecule has 408 valence electrons. The minimum absolute atomic E-state index is 0.113. The largest absolute Gasteiger partial charge is 0.496 e. The Labute approximate surface area is 451 Å². The zero-order valence-corrected chi connectivity index (χ0v) is 45.8. The van der Waals surface area contributed by atoms with Crippen molar-refractivity contribution in [2.75, 3.05) is 24.9 Å². The molecule has 0 spiro atoms. The third-order valence-electron chi connectivity index (χ3n) is 14.2. The van der Waals surface area contributed by atoms with Gasteiger partial charge in [0, 0.05) is 64.4 Å². The molecule has 4 saturated carbocycles. The van der Waals surface area contributed by atoms with Crippen LogP contribution in [0.2, 0.25) is 0 Å². The van der Waals surface area contributed by atoms with Gasteiger partial charge >= 0.3 is 17.9 Å². The van der Waals surface area contributed by atoms with E-state index in [9.17, 15) is 24.3 Å². The van der Waals surface area contributed by atoms with E-state index in [4.69, 9.17) is 29.7 Å². The monoisotopic (exact) mass is 1050 g/mol. The summed E-state index contributed by atoms with van der Waals surface area (Å²) in [4.78, 5) is 67.4. The highest BCUT2D eigenvalue weighted by atomic mass is 16.6. The number of carbonyl (C=O) groups is 4. The quantitative estimate of drug-likeness (QED) is 0.0522. The van der Waals surface area contributed by atoms with Crippen molar-refractivity contribution in [1.29, 1.82) is 0 Å². The van der Waals surface area contributed by atoms with Gasteiger partial charge in [0.25, 0.3) is 0 Å². The number of methoxy groups -OCH3 is 2. The molecule has 0 radical (unpaired) electrons. The molecule has 4 fully saturated rings. The number of fused-ring (bicyclic) bond motifs is 2. The Balaban J connectivity index is 0.000000190. The molecule has 5 N–H and O–H groups in total. The number of carboxylic acids is 1. The van der Waals surface area contributed by atoms with Crippen molar-refractivity contribution >= 4 is 57.4 Å². The van der Waals surface area contributed by atoms with Crippen LogP contribution in [-0.4, -0.2) is 92.3 Å². The van der Waals surface area contributed by atoms with Gasteiger partial charge in [-0.15, -0.1) is 0 Å². The van der Waals surface area contributed by atoms with Gasteiger partial charge < -0.3 is 40.4 Å². The Hall–Kier alpha value is -7.20. The summed E-state index contributed by atoms with van der Waals surface area (Å²) < 4.78 is 22.1. The van der Waals surface area contributed by atoms with Crippen molar-refractivity contribution in [3.63, 3.8) is 0 Å². The van der Waals surface area contributed by atoms with E-state index in [1.54, 1.807) is 32.5 Å². The number of hydrogen-bond acceptors (Lipinski definition) is 15. The lowest BCUT2D eigenvalue weighted by Crippen LogP contribution is -2.30. The van der Waals surface area contributed by atoms with Crippen LogP contribution in [0.15, 0.2) is 85.2 Å². The summed E-state index contributed by atoms with van der Waals surface area (Å²) in [5.41, 5.74) is 10.1. The fourth-order valence-electron chi connectivity index (χ4n) is 9.98. The number of esters is 2. The highest BCUT2D eigenvalue weighted by molar-refractivity contribution is 5.98. The van der Waals surface area contributed by atoms with Crippen molar-refractivity contribution in [2.45, 2.75) is 154 Å². The summed E-state index contributed by atoms with van der Waals surface area (Å²) in [5, 5.41) is 18.0. The van der Waals surface area contributed by atoms with Gasteiger partial charge in [-0.1, -0.05) is 25.0 Å². The predicted molar refractivity (Wildman–Crippen MR) is 299 cm³/mol. The number of Topliss-reactive ketones (excluding diaryl/α,β-unsaturated/α-hetero) is 1. The standard InChI is InChI=1S/C31H37N3O4.C27H31N3O5.C3H7N/c1-31(2,3)38-29(36)17-21-6-5-7-25(21)33-30-32-18-23-15-20(10-12-26(23)34-30)24-16-22(11-13-28(24)37-4)27(35)14-19-8-9-19;1-27(2,3)35-24(31)14-17-6-5-7-21(17)29-26-28-15-19-12-16(8-10-22(19)30-26)20-13-18(25(32)33)9-11-23(20)34-4;4-3-1-2-3/h10-13,15-16,18-19,21,25H,5-9,14,17H2,1-4H3,(H,32,33,34);8-13,15,17,21H,5-7,14H2,1-4H3,(H,32,33)(H,28,29,30);3H,1-2,4H2/t21-,25-;17-,21-;/m11./s1. The molecule has 6 aromatic rings. The maximum Gasteiger partial charge on any atom is 0.335 e. The zero-order valence-electron chi connectivity index (χ0n) is 45.8. The van der Waals surface area contributed by atoms with Gasteiger partial charge in [-0.05, 0) is 182 Å². The summed E-state index contributed by atoms with van der Waals surface area (Å²) in [5.74, 6) is 2.20. The number of aromatic nitrogens is 4. The van der Waals surface area contributed by atoms with E-state index in [0.717, 1.165) is 101 Å². The molecule has 0 aliphatic heterocycles. The third kappa shape index (κ3) is 15.9. The second kappa shape index (κ2) is 24.4. The molecule has 77 heavy (non-hydrogen) atoms. The molecule has 2 aromatic heterocycles. The minimum Gasteiger partial charge on any atom is -0.496 e. The van der Waals surface area contributed by atoms with Crippen molar-refractivity contribution in [1.82, 2.24) is 19.9 Å². The van der Waals surface area contributed by atoms with Gasteiger partial charge in [-0.3, -0.25) is 14.4 Å². The second-order valence-corrected chi connectivity index (χ2v) is 22.9. The molecule has 0 unspecified atom stereocenters. The Morgan fingerprint density at radius 3 is 1.43 bits per heavy atom. The Bertz CT molecular complexity index is 3090. The van der Waals surface area contributed by atoms with Crippen LogP contribution in [0.1, 0.15) is 146 Å². The molecule has 16 nitrogen and oxygen atoms in total. The van der Waals surface area contributed by atoms with E-state index in [-0.39, 0.29) is 47.2 Å². The average molecular weight is 1050 g/mol. The van der Waals surface area contributed by atoms with Gasteiger partial charge in [0.2, 0.25) is 11.9 Å². The average Bonchev–Trinajstić information content (AvgIpc) is 4.30. The van der Waals surface area contributed by atoms with Crippen LogP contribution in [-0.2, 0) is 19.1 Å². The van der Waals surface area contributed by atoms with E-state index in [1.165, 1.54) is 18.9 Å². The number of nitrogens with one attached hydrogen (secondary N) is 2. The number of aromatic carboxylic acids is 1. The summed E-state index contributed by atoms with van der Waals surface area (Å²) in [6.45, 7) is 11.3. The lowest BCUT2D eigenvalue weighted by Gasteiger charge is -2.24. The lowest BCUT2D eigenvalue weighted by molar-refractivity contribution is -0.157. The van der Waals surface area contributed by atoms with Gasteiger partial charge in [-0.2, -0.15) is 0 Å². The van der Waals surface area contributed by atoms with Crippen molar-refractivity contribution in [3.8, 4) is 33.8 Å². The van der Waals surface area contributed by atoms with Gasteiger partial charge in [0.1, 0.15) is 22.7 Å². The van der Waals surface area contributed by atoms with Crippen LogP contribution in [0.4, 0.5) is 11.9 Å². The smallest absolute Gasteiger partial charge is 0.335 e. The van der Waals surface area contributed by atoms with Crippen molar-refractivity contribution in [2.24, 2.45) is 23.5 Å². The third-order valence-corrected chi connectivity index (χ3v) is 14.2. The number of carbonyl (C=O) groups excluding carboxylic acids is 3. The maximum atomic E-state index is 12.7. The molecule has 0 saturated heterocycles. The number of nitrogens with zero attached hydrogens (tertiary/aromatic N) is 4. The second-order valence-electron chi connectivity index (χ2n) is 22.9. The van der Waals surface area contributed by atoms with Crippen LogP contribution in [0.25, 0.3) is 44.1 Å². The molecule has 0 bridgehead atoms. The van der Waals surface area contributed by atoms with Crippen LogP contribution >= 0.6 is 0 Å². The number of anilines is 2. The van der Waals surface area contributed by atoms with E-state index in [1.807, 2.05) is 102 Å². The first-order valence-corrected chi connectivity index (χ1v) is 27.1. The molecule has 4 aromatic carbocycles. The van der Waals surface area contributed by atoms with Crippen LogP contribution < -0.4 is 25.8 Å². The number of carboxylic acid groups (broad SMARTS) is 1. The molecular weight excluding hydrogens is 975 g/mol. The number of rotatable bonds is 16. The minimum atomic E-state index is -0.995. The van der Waals surface area contributed by atoms with Gasteiger partial charge in [-0.25, -0.2) is 24.7 Å². The molecule has 16 heteroatoms. The fourth-order valence-corrected chi connectivity index (χ4v) is 9.98. The Kier molecular flexibility index (Phi) is 17.8. The normalized spacial score (nSPS) is 19.0. The molecular formula is C61H75N7O9. The maximum absolute atomic E-state index is 12.7. The van der Waals surface area contributed by atoms with E-state index >= 15 is 0 Å². The number of ketones is 1. The Morgan fingerprint density at radius 1 is 0.584 bits per heavy atom. The summed E-state index contributed by atoms with van der Waals surface area (Å²) >= 11 is 0. The van der Waals surface area contributed by atoms with Crippen LogP contribution in [0, 0.1) is 17.8 Å². The van der Waals surface area contributed by atoms with Gasteiger partial charge in [0.15, 0.2) is 5.78 Å². The highest BCUT2D eigenvalue weighted by Crippen LogP contribution is 2.38. The SMILES string of the molecule is COc1ccc(C(=O)CC2CC2)cc1-c1ccc2nc(N[C@@H]3CCC[C@@H]3CC(=O)OC(C)(C)C)ncc2c1.COc1ccc(C(=O)O)cc1-c1ccc2nc(N[C@@H]3CCC[C@@H]3CC(=O)OC(C)(C)C)ncc2c1.NC1CC1. The van der Waals surface area contributed by atoms with Gasteiger partial charge in [0.05, 0.1) is 43.7 Å². The summed E-state index contributed by atoms with van der Waals surface area (Å²) in [6.07, 6.45) is 15.8.